The number of anilines is 1. The van der Waals surface area contributed by atoms with Crippen molar-refractivity contribution in [2.45, 2.75) is 52.0 Å². The van der Waals surface area contributed by atoms with Gasteiger partial charge in [0, 0.05) is 47.7 Å². The van der Waals surface area contributed by atoms with Gasteiger partial charge in [-0.25, -0.2) is 0 Å². The highest BCUT2D eigenvalue weighted by Gasteiger charge is 2.29. The highest BCUT2D eigenvalue weighted by molar-refractivity contribution is 5.94. The summed E-state index contributed by atoms with van der Waals surface area (Å²) in [5, 5.41) is 20.7. The minimum absolute atomic E-state index is 0.206. The number of nitrogens with zero attached hydrogens (tertiary/aromatic N) is 5. The third-order valence-electron chi connectivity index (χ3n) is 7.35. The SMILES string of the molecule is CCCCOc1cc2n[nH]c(CC)c2cc1-c1nnc(C(=O)NC2CC2)n1-c1ccc(N2CCOCC2)cc1. The van der Waals surface area contributed by atoms with Crippen molar-refractivity contribution < 1.29 is 14.3 Å². The van der Waals surface area contributed by atoms with Crippen LogP contribution in [0, 0.1) is 0 Å². The predicted molar refractivity (Wildman–Crippen MR) is 150 cm³/mol. The molecule has 1 aliphatic heterocycles. The van der Waals surface area contributed by atoms with Crippen LogP contribution in [0.3, 0.4) is 0 Å². The molecule has 1 saturated carbocycles. The molecule has 0 radical (unpaired) electrons. The number of ether oxygens (including phenoxy) is 2. The van der Waals surface area contributed by atoms with Crippen LogP contribution in [0.25, 0.3) is 28.0 Å². The number of carbonyl (C=O) groups excluding carboxylic acids is 1. The van der Waals surface area contributed by atoms with Gasteiger partial charge in [0.25, 0.3) is 5.91 Å². The van der Waals surface area contributed by atoms with Gasteiger partial charge in [-0.15, -0.1) is 10.2 Å². The van der Waals surface area contributed by atoms with Crippen molar-refractivity contribution in [3.05, 3.63) is 47.9 Å². The number of amides is 1. The normalized spacial score (nSPS) is 15.6. The van der Waals surface area contributed by atoms with Gasteiger partial charge in [-0.2, -0.15) is 5.10 Å². The molecule has 0 unspecified atom stereocenters. The fourth-order valence-corrected chi connectivity index (χ4v) is 4.94. The Hall–Kier alpha value is -3.92. The Kier molecular flexibility index (Phi) is 7.19. The summed E-state index contributed by atoms with van der Waals surface area (Å²) >= 11 is 0. The van der Waals surface area contributed by atoms with E-state index in [0.717, 1.165) is 91.9 Å². The summed E-state index contributed by atoms with van der Waals surface area (Å²) < 4.78 is 13.6. The average Bonchev–Trinajstić information content (AvgIpc) is 3.52. The van der Waals surface area contributed by atoms with E-state index >= 15 is 0 Å². The summed E-state index contributed by atoms with van der Waals surface area (Å²) in [6.45, 7) is 7.97. The molecule has 6 rings (SSSR count). The van der Waals surface area contributed by atoms with Crippen molar-refractivity contribution in [2.75, 3.05) is 37.8 Å². The number of benzene rings is 2. The van der Waals surface area contributed by atoms with Crippen LogP contribution in [0.2, 0.25) is 0 Å². The van der Waals surface area contributed by atoms with Crippen molar-refractivity contribution in [3.8, 4) is 22.8 Å². The number of aromatic amines is 1. The van der Waals surface area contributed by atoms with Crippen LogP contribution < -0.4 is 15.0 Å². The molecule has 2 aromatic carbocycles. The second kappa shape index (κ2) is 11.1. The van der Waals surface area contributed by atoms with Crippen LogP contribution >= 0.6 is 0 Å². The Morgan fingerprint density at radius 3 is 2.59 bits per heavy atom. The summed E-state index contributed by atoms with van der Waals surface area (Å²) in [5.74, 6) is 1.28. The Balaban J connectivity index is 1.46. The molecule has 3 heterocycles. The second-order valence-corrected chi connectivity index (χ2v) is 10.2. The molecular weight excluding hydrogens is 494 g/mol. The van der Waals surface area contributed by atoms with Crippen LogP contribution in [-0.4, -0.2) is 69.8 Å². The molecule has 2 aliphatic rings. The monoisotopic (exact) mass is 529 g/mol. The van der Waals surface area contributed by atoms with E-state index in [0.29, 0.717) is 18.2 Å². The maximum Gasteiger partial charge on any atom is 0.289 e. The van der Waals surface area contributed by atoms with E-state index in [1.165, 1.54) is 0 Å². The molecular formula is C29H35N7O3. The lowest BCUT2D eigenvalue weighted by Crippen LogP contribution is -2.36. The minimum atomic E-state index is -0.222. The Labute approximate surface area is 227 Å². The molecule has 0 atom stereocenters. The van der Waals surface area contributed by atoms with Crippen LogP contribution in [0.4, 0.5) is 5.69 Å². The molecule has 1 amide bonds. The third-order valence-corrected chi connectivity index (χ3v) is 7.35. The minimum Gasteiger partial charge on any atom is -0.493 e. The molecule has 2 aromatic heterocycles. The molecule has 39 heavy (non-hydrogen) atoms. The summed E-state index contributed by atoms with van der Waals surface area (Å²) in [6, 6.07) is 12.4. The van der Waals surface area contributed by atoms with Crippen LogP contribution in [0.5, 0.6) is 5.75 Å². The van der Waals surface area contributed by atoms with Gasteiger partial charge in [-0.1, -0.05) is 20.3 Å². The molecule has 2 N–H and O–H groups in total. The predicted octanol–water partition coefficient (Wildman–Crippen LogP) is 4.28. The fraction of sp³-hybridized carbons (Fsp3) is 0.448. The van der Waals surface area contributed by atoms with E-state index in [-0.39, 0.29) is 17.8 Å². The molecule has 2 fully saturated rings. The van der Waals surface area contributed by atoms with Gasteiger partial charge in [0.2, 0.25) is 5.82 Å². The first kappa shape index (κ1) is 25.4. The molecule has 1 saturated heterocycles. The summed E-state index contributed by atoms with van der Waals surface area (Å²) in [5.41, 5.74) is 4.60. The van der Waals surface area contributed by atoms with Gasteiger partial charge in [0.05, 0.1) is 30.9 Å². The number of hydrogen-bond acceptors (Lipinski definition) is 7. The number of fused-ring (bicyclic) bond motifs is 1. The third kappa shape index (κ3) is 5.21. The highest BCUT2D eigenvalue weighted by Crippen LogP contribution is 2.36. The molecule has 204 valence electrons. The van der Waals surface area contributed by atoms with E-state index in [1.807, 2.05) is 22.8 Å². The number of aryl methyl sites for hydroxylation is 1. The molecule has 10 heteroatoms. The van der Waals surface area contributed by atoms with Gasteiger partial charge in [-0.3, -0.25) is 14.5 Å². The zero-order valence-corrected chi connectivity index (χ0v) is 22.6. The first-order valence-corrected chi connectivity index (χ1v) is 14.0. The summed E-state index contributed by atoms with van der Waals surface area (Å²) in [6.07, 6.45) is 4.76. The number of aromatic nitrogens is 5. The van der Waals surface area contributed by atoms with Crippen LogP contribution in [-0.2, 0) is 11.2 Å². The van der Waals surface area contributed by atoms with Crippen LogP contribution in [0.15, 0.2) is 36.4 Å². The number of nitrogens with one attached hydrogen (secondary N) is 2. The topological polar surface area (TPSA) is 110 Å². The number of hydrogen-bond donors (Lipinski definition) is 2. The Morgan fingerprint density at radius 1 is 1.10 bits per heavy atom. The highest BCUT2D eigenvalue weighted by atomic mass is 16.5. The molecule has 0 bridgehead atoms. The van der Waals surface area contributed by atoms with E-state index in [1.54, 1.807) is 0 Å². The molecule has 0 spiro atoms. The molecule has 10 nitrogen and oxygen atoms in total. The van der Waals surface area contributed by atoms with Crippen molar-refractivity contribution in [1.29, 1.82) is 0 Å². The molecule has 1 aliphatic carbocycles. The molecule has 4 aromatic rings. The van der Waals surface area contributed by atoms with E-state index in [9.17, 15) is 4.79 Å². The first-order chi connectivity index (χ1) is 19.2. The van der Waals surface area contributed by atoms with Gasteiger partial charge in [-0.05, 0) is 56.0 Å². The van der Waals surface area contributed by atoms with Gasteiger partial charge in [0.1, 0.15) is 5.75 Å². The first-order valence-electron chi connectivity index (χ1n) is 14.0. The lowest BCUT2D eigenvalue weighted by molar-refractivity contribution is 0.0938. The Bertz CT molecular complexity index is 1450. The quantitative estimate of drug-likeness (QED) is 0.295. The average molecular weight is 530 g/mol. The van der Waals surface area contributed by atoms with Crippen LogP contribution in [0.1, 0.15) is 55.8 Å². The summed E-state index contributed by atoms with van der Waals surface area (Å²) in [7, 11) is 0. The number of morpholine rings is 1. The van der Waals surface area contributed by atoms with E-state index in [2.05, 4.69) is 62.7 Å². The lowest BCUT2D eigenvalue weighted by atomic mass is 10.1. The summed E-state index contributed by atoms with van der Waals surface area (Å²) in [4.78, 5) is 15.6. The second-order valence-electron chi connectivity index (χ2n) is 10.2. The van der Waals surface area contributed by atoms with Gasteiger partial charge >= 0.3 is 0 Å². The fourth-order valence-electron chi connectivity index (χ4n) is 4.94. The number of carbonyl (C=O) groups is 1. The number of rotatable bonds is 10. The zero-order valence-electron chi connectivity index (χ0n) is 22.6. The lowest BCUT2D eigenvalue weighted by Gasteiger charge is -2.29. The standard InChI is InChI=1S/C29H35N7O3/c1-3-5-14-39-26-18-25-22(24(4-2)31-32-25)17-23(26)27-33-34-28(29(37)30-19-6-7-19)36(27)21-10-8-20(9-11-21)35-12-15-38-16-13-35/h8-11,17-19H,3-7,12-16H2,1-2H3,(H,30,37)(H,31,32). The maximum absolute atomic E-state index is 13.3. The van der Waals surface area contributed by atoms with Crippen molar-refractivity contribution in [2.24, 2.45) is 0 Å². The van der Waals surface area contributed by atoms with E-state index in [4.69, 9.17) is 9.47 Å². The largest absolute Gasteiger partial charge is 0.493 e. The van der Waals surface area contributed by atoms with Gasteiger partial charge < -0.3 is 19.7 Å². The van der Waals surface area contributed by atoms with Gasteiger partial charge in [0.15, 0.2) is 5.82 Å². The van der Waals surface area contributed by atoms with Crippen molar-refractivity contribution in [1.82, 2.24) is 30.3 Å². The number of unbranched alkanes of at least 4 members (excludes halogenated alkanes) is 1. The van der Waals surface area contributed by atoms with E-state index < -0.39 is 0 Å². The Morgan fingerprint density at radius 2 is 1.87 bits per heavy atom. The zero-order chi connectivity index (χ0) is 26.8. The smallest absolute Gasteiger partial charge is 0.289 e. The van der Waals surface area contributed by atoms with Crippen molar-refractivity contribution in [3.63, 3.8) is 0 Å². The maximum atomic E-state index is 13.3. The number of H-pyrrole nitrogens is 1. The van der Waals surface area contributed by atoms with Crippen molar-refractivity contribution >= 4 is 22.5 Å².